The van der Waals surface area contributed by atoms with Crippen LogP contribution in [0.15, 0.2) is 43.0 Å². The van der Waals surface area contributed by atoms with E-state index in [4.69, 9.17) is 0 Å². The number of pyridine rings is 1. The molecule has 0 bridgehead atoms. The summed E-state index contributed by atoms with van der Waals surface area (Å²) >= 11 is 0. The SMILES string of the molecule is O=C(N[C@@H]1CC(Cn2cccn2)C[C@H]1O)C1(c2cccnc2)CC2(CCC2)C1. The molecule has 28 heavy (non-hydrogen) atoms. The van der Waals surface area contributed by atoms with Gasteiger partial charge in [0.15, 0.2) is 0 Å². The van der Waals surface area contributed by atoms with Crippen molar-refractivity contribution in [1.29, 1.82) is 0 Å². The van der Waals surface area contributed by atoms with Crippen molar-refractivity contribution in [3.05, 3.63) is 48.5 Å². The monoisotopic (exact) mass is 380 g/mol. The van der Waals surface area contributed by atoms with Crippen LogP contribution in [-0.2, 0) is 16.8 Å². The van der Waals surface area contributed by atoms with Gasteiger partial charge in [-0.05, 0) is 67.6 Å². The fourth-order valence-corrected chi connectivity index (χ4v) is 5.80. The highest BCUT2D eigenvalue weighted by molar-refractivity contribution is 5.90. The molecule has 3 fully saturated rings. The molecule has 0 saturated heterocycles. The molecule has 0 aromatic carbocycles. The Balaban J connectivity index is 1.29. The van der Waals surface area contributed by atoms with Crippen LogP contribution in [0.1, 0.15) is 50.5 Å². The van der Waals surface area contributed by atoms with Gasteiger partial charge in [0.2, 0.25) is 5.91 Å². The fourth-order valence-electron chi connectivity index (χ4n) is 5.80. The zero-order chi connectivity index (χ0) is 19.2. The number of nitrogens with one attached hydrogen (secondary N) is 1. The van der Waals surface area contributed by atoms with E-state index in [1.54, 1.807) is 12.4 Å². The van der Waals surface area contributed by atoms with Gasteiger partial charge in [0.25, 0.3) is 0 Å². The Kier molecular flexibility index (Phi) is 4.27. The van der Waals surface area contributed by atoms with Crippen molar-refractivity contribution in [3.63, 3.8) is 0 Å². The molecule has 2 aromatic rings. The molecule has 5 rings (SSSR count). The molecule has 0 radical (unpaired) electrons. The van der Waals surface area contributed by atoms with Crippen molar-refractivity contribution < 1.29 is 9.90 Å². The number of hydrogen-bond donors (Lipinski definition) is 2. The third kappa shape index (κ3) is 2.94. The Morgan fingerprint density at radius 2 is 2.11 bits per heavy atom. The van der Waals surface area contributed by atoms with Crippen LogP contribution < -0.4 is 5.32 Å². The first-order valence-corrected chi connectivity index (χ1v) is 10.5. The molecule has 3 saturated carbocycles. The zero-order valence-corrected chi connectivity index (χ0v) is 16.1. The minimum Gasteiger partial charge on any atom is -0.391 e. The largest absolute Gasteiger partial charge is 0.391 e. The van der Waals surface area contributed by atoms with Crippen molar-refractivity contribution in [2.75, 3.05) is 0 Å². The lowest BCUT2D eigenvalue weighted by molar-refractivity contribution is -0.143. The Bertz CT molecular complexity index is 823. The standard InChI is InChI=1S/C22H28N4O2/c27-19-11-16(13-26-9-3-8-24-26)10-18(19)25-20(28)22(17-4-1-7-23-12-17)14-21(15-22)5-2-6-21/h1,3-4,7-9,12,16,18-19,27H,2,5-6,10-11,13-15H2,(H,25,28)/t16?,18-,19-/m1/s1. The lowest BCUT2D eigenvalue weighted by atomic mass is 9.43. The molecule has 2 N–H and O–H groups in total. The van der Waals surface area contributed by atoms with E-state index in [0.717, 1.165) is 31.4 Å². The minimum absolute atomic E-state index is 0.0711. The van der Waals surface area contributed by atoms with Crippen LogP contribution in [-0.4, -0.2) is 37.9 Å². The number of rotatable bonds is 5. The summed E-state index contributed by atoms with van der Waals surface area (Å²) < 4.78 is 1.91. The number of carbonyl (C=O) groups is 1. The van der Waals surface area contributed by atoms with Gasteiger partial charge in [-0.25, -0.2) is 0 Å². The lowest BCUT2D eigenvalue weighted by Gasteiger charge is -2.60. The van der Waals surface area contributed by atoms with Crippen LogP contribution in [0.5, 0.6) is 0 Å². The molecule has 3 aliphatic carbocycles. The van der Waals surface area contributed by atoms with Gasteiger partial charge in [0.1, 0.15) is 0 Å². The summed E-state index contributed by atoms with van der Waals surface area (Å²) in [6.07, 6.45) is 13.9. The van der Waals surface area contributed by atoms with Crippen LogP contribution >= 0.6 is 0 Å². The Hall–Kier alpha value is -2.21. The summed E-state index contributed by atoms with van der Waals surface area (Å²) in [5, 5.41) is 18.1. The number of aromatic nitrogens is 3. The van der Waals surface area contributed by atoms with Crippen LogP contribution in [0.2, 0.25) is 0 Å². The molecular weight excluding hydrogens is 352 g/mol. The number of carbonyl (C=O) groups excluding carboxylic acids is 1. The van der Waals surface area contributed by atoms with Gasteiger partial charge in [-0.15, -0.1) is 0 Å². The molecule has 2 aromatic heterocycles. The Morgan fingerprint density at radius 3 is 2.75 bits per heavy atom. The molecular formula is C22H28N4O2. The molecule has 148 valence electrons. The van der Waals surface area contributed by atoms with Gasteiger partial charge in [-0.1, -0.05) is 12.5 Å². The van der Waals surface area contributed by atoms with Gasteiger partial charge in [-0.2, -0.15) is 5.10 Å². The van der Waals surface area contributed by atoms with Crippen molar-refractivity contribution in [2.24, 2.45) is 11.3 Å². The maximum absolute atomic E-state index is 13.4. The number of amides is 1. The summed E-state index contributed by atoms with van der Waals surface area (Å²) in [5.41, 5.74) is 0.907. The number of aliphatic hydroxyl groups is 1. The smallest absolute Gasteiger partial charge is 0.231 e. The summed E-state index contributed by atoms with van der Waals surface area (Å²) in [5.74, 6) is 0.399. The van der Waals surface area contributed by atoms with Crippen LogP contribution in [0.4, 0.5) is 0 Å². The minimum atomic E-state index is -0.492. The van der Waals surface area contributed by atoms with E-state index in [9.17, 15) is 9.90 Å². The van der Waals surface area contributed by atoms with E-state index in [-0.39, 0.29) is 11.9 Å². The molecule has 6 heteroatoms. The fraction of sp³-hybridized carbons (Fsp3) is 0.591. The lowest BCUT2D eigenvalue weighted by Crippen LogP contribution is -2.62. The number of aliphatic hydroxyl groups excluding tert-OH is 1. The average Bonchev–Trinajstić information content (AvgIpc) is 3.24. The first kappa shape index (κ1) is 17.9. The number of nitrogens with zero attached hydrogens (tertiary/aromatic N) is 3. The Morgan fingerprint density at radius 1 is 1.25 bits per heavy atom. The molecule has 1 unspecified atom stereocenters. The quantitative estimate of drug-likeness (QED) is 0.835. The second-order valence-corrected chi connectivity index (χ2v) is 9.24. The van der Waals surface area contributed by atoms with Crippen molar-refractivity contribution in [3.8, 4) is 0 Å². The molecule has 1 amide bonds. The maximum atomic E-state index is 13.4. The van der Waals surface area contributed by atoms with Crippen molar-refractivity contribution >= 4 is 5.91 Å². The first-order chi connectivity index (χ1) is 13.6. The van der Waals surface area contributed by atoms with Gasteiger partial charge < -0.3 is 10.4 Å². The van der Waals surface area contributed by atoms with E-state index in [0.29, 0.717) is 17.8 Å². The molecule has 3 aliphatic rings. The predicted octanol–water partition coefficient (Wildman–Crippen LogP) is 2.44. The van der Waals surface area contributed by atoms with E-state index in [1.165, 1.54) is 19.3 Å². The third-order valence-corrected chi connectivity index (χ3v) is 7.36. The van der Waals surface area contributed by atoms with E-state index in [1.807, 2.05) is 35.3 Å². The molecule has 3 atom stereocenters. The molecule has 1 spiro atoms. The highest BCUT2D eigenvalue weighted by atomic mass is 16.3. The van der Waals surface area contributed by atoms with Crippen LogP contribution in [0, 0.1) is 11.3 Å². The predicted molar refractivity (Wildman–Crippen MR) is 104 cm³/mol. The average molecular weight is 380 g/mol. The van der Waals surface area contributed by atoms with Crippen molar-refractivity contribution in [1.82, 2.24) is 20.1 Å². The Labute approximate surface area is 165 Å². The highest BCUT2D eigenvalue weighted by Gasteiger charge is 2.61. The maximum Gasteiger partial charge on any atom is 0.231 e. The molecule has 0 aliphatic heterocycles. The van der Waals surface area contributed by atoms with Crippen molar-refractivity contribution in [2.45, 2.75) is 69.1 Å². The highest BCUT2D eigenvalue weighted by Crippen LogP contribution is 2.65. The summed E-state index contributed by atoms with van der Waals surface area (Å²) in [6.45, 7) is 0.785. The molecule has 2 heterocycles. The van der Waals surface area contributed by atoms with Gasteiger partial charge in [0, 0.05) is 31.3 Å². The summed E-state index contributed by atoms with van der Waals surface area (Å²) in [6, 6.07) is 5.68. The second-order valence-electron chi connectivity index (χ2n) is 9.24. The van der Waals surface area contributed by atoms with Gasteiger partial charge >= 0.3 is 0 Å². The van der Waals surface area contributed by atoms with E-state index >= 15 is 0 Å². The zero-order valence-electron chi connectivity index (χ0n) is 16.1. The van der Waals surface area contributed by atoms with Crippen LogP contribution in [0.3, 0.4) is 0 Å². The van der Waals surface area contributed by atoms with Crippen LogP contribution in [0.25, 0.3) is 0 Å². The van der Waals surface area contributed by atoms with E-state index < -0.39 is 11.5 Å². The topological polar surface area (TPSA) is 80.0 Å². The molecule has 6 nitrogen and oxygen atoms in total. The first-order valence-electron chi connectivity index (χ1n) is 10.5. The van der Waals surface area contributed by atoms with Gasteiger partial charge in [-0.3, -0.25) is 14.5 Å². The number of hydrogen-bond acceptors (Lipinski definition) is 4. The van der Waals surface area contributed by atoms with Gasteiger partial charge in [0.05, 0.1) is 17.6 Å². The van der Waals surface area contributed by atoms with E-state index in [2.05, 4.69) is 15.4 Å². The second kappa shape index (κ2) is 6.69. The summed E-state index contributed by atoms with van der Waals surface area (Å²) in [4.78, 5) is 17.7. The normalized spacial score (nSPS) is 29.8. The third-order valence-electron chi connectivity index (χ3n) is 7.36. The summed E-state index contributed by atoms with van der Waals surface area (Å²) in [7, 11) is 0.